The van der Waals surface area contributed by atoms with Crippen LogP contribution < -0.4 is 4.90 Å². The number of nitrogens with zero attached hydrogens (tertiary/aromatic N) is 4. The van der Waals surface area contributed by atoms with Crippen LogP contribution in [0.2, 0.25) is 0 Å². The van der Waals surface area contributed by atoms with E-state index < -0.39 is 11.9 Å². The number of aromatic nitrogens is 2. The molecule has 0 spiro atoms. The van der Waals surface area contributed by atoms with Crippen molar-refractivity contribution in [3.63, 3.8) is 0 Å². The Balaban J connectivity index is 1.85. The fourth-order valence-electron chi connectivity index (χ4n) is 3.97. The maximum absolute atomic E-state index is 12.8. The molecule has 0 bridgehead atoms. The summed E-state index contributed by atoms with van der Waals surface area (Å²) < 4.78 is 11.3. The lowest BCUT2D eigenvalue weighted by atomic mass is 10.1. The predicted molar refractivity (Wildman–Crippen MR) is 120 cm³/mol. The van der Waals surface area contributed by atoms with E-state index >= 15 is 0 Å². The summed E-state index contributed by atoms with van der Waals surface area (Å²) in [6.45, 7) is 7.74. The summed E-state index contributed by atoms with van der Waals surface area (Å²) in [5.41, 5.74) is 1.75. The van der Waals surface area contributed by atoms with Crippen LogP contribution in [0.4, 0.5) is 5.82 Å². The van der Waals surface area contributed by atoms with Gasteiger partial charge >= 0.3 is 5.97 Å². The molecule has 0 aliphatic carbocycles. The van der Waals surface area contributed by atoms with Gasteiger partial charge < -0.3 is 14.4 Å². The van der Waals surface area contributed by atoms with Crippen molar-refractivity contribution in [1.29, 1.82) is 5.26 Å². The number of benzene rings is 1. The van der Waals surface area contributed by atoms with Crippen LogP contribution in [0.25, 0.3) is 11.0 Å². The molecule has 1 aliphatic heterocycles. The average Bonchev–Trinajstić information content (AvgIpc) is 2.75. The van der Waals surface area contributed by atoms with Crippen molar-refractivity contribution in [2.24, 2.45) is 0 Å². The van der Waals surface area contributed by atoms with Crippen molar-refractivity contribution in [3.05, 3.63) is 30.0 Å². The number of rotatable bonds is 9. The van der Waals surface area contributed by atoms with Gasteiger partial charge in [0.05, 0.1) is 35.9 Å². The molecule has 1 aromatic carbocycles. The van der Waals surface area contributed by atoms with Crippen LogP contribution in [0.15, 0.2) is 24.3 Å². The summed E-state index contributed by atoms with van der Waals surface area (Å²) in [4.78, 5) is 24.4. The van der Waals surface area contributed by atoms with Crippen LogP contribution >= 0.6 is 0 Å². The van der Waals surface area contributed by atoms with Crippen LogP contribution in [0, 0.1) is 11.3 Å². The molecule has 2 aromatic rings. The summed E-state index contributed by atoms with van der Waals surface area (Å²) in [7, 11) is 0. The number of carbonyl (C=O) groups excluding carboxylic acids is 1. The second-order valence-electron chi connectivity index (χ2n) is 8.23. The molecule has 7 nitrogen and oxygen atoms in total. The van der Waals surface area contributed by atoms with Crippen molar-refractivity contribution in [3.8, 4) is 6.07 Å². The molecular weight excluding hydrogens is 392 g/mol. The molecule has 0 radical (unpaired) electrons. The van der Waals surface area contributed by atoms with E-state index in [1.165, 1.54) is 12.8 Å². The topological polar surface area (TPSA) is 88.3 Å². The molecule has 1 saturated heterocycles. The van der Waals surface area contributed by atoms with Gasteiger partial charge in [0, 0.05) is 13.1 Å². The Morgan fingerprint density at radius 2 is 1.81 bits per heavy atom. The maximum Gasteiger partial charge on any atom is 0.329 e. The number of esters is 1. The number of fused-ring (bicyclic) bond motifs is 1. The van der Waals surface area contributed by atoms with E-state index in [9.17, 15) is 10.1 Å². The normalized spacial score (nSPS) is 19.7. The third-order valence-corrected chi connectivity index (χ3v) is 5.43. The van der Waals surface area contributed by atoms with Crippen LogP contribution in [-0.2, 0) is 14.3 Å². The Bertz CT molecular complexity index is 917. The van der Waals surface area contributed by atoms with Crippen molar-refractivity contribution in [2.45, 2.75) is 71.0 Å². The zero-order valence-corrected chi connectivity index (χ0v) is 18.7. The Morgan fingerprint density at radius 3 is 2.45 bits per heavy atom. The standard InChI is InChI=1S/C24H32N4O3/c1-4-5-6-7-10-13-30-24(29)19(14-25)22-23(28-15-17(2)31-18(3)16-28)27-21-12-9-8-11-20(21)26-22/h8-9,11-12,17-19H,4-7,10,13,15-16H2,1-3H3/t17-,18-,19-/m1/s1. The van der Waals surface area contributed by atoms with Gasteiger partial charge in [0.25, 0.3) is 0 Å². The van der Waals surface area contributed by atoms with Gasteiger partial charge in [-0.2, -0.15) is 5.26 Å². The first-order valence-corrected chi connectivity index (χ1v) is 11.3. The highest BCUT2D eigenvalue weighted by molar-refractivity contribution is 5.85. The van der Waals surface area contributed by atoms with Gasteiger partial charge in [-0.15, -0.1) is 0 Å². The van der Waals surface area contributed by atoms with E-state index in [-0.39, 0.29) is 12.2 Å². The monoisotopic (exact) mass is 424 g/mol. The van der Waals surface area contributed by atoms with Gasteiger partial charge in [-0.1, -0.05) is 44.7 Å². The van der Waals surface area contributed by atoms with E-state index in [1.807, 2.05) is 38.1 Å². The zero-order valence-electron chi connectivity index (χ0n) is 18.7. The summed E-state index contributed by atoms with van der Waals surface area (Å²) in [6, 6.07) is 9.61. The Hall–Kier alpha value is -2.72. The van der Waals surface area contributed by atoms with E-state index in [0.29, 0.717) is 36.7 Å². The third kappa shape index (κ3) is 5.92. The number of unbranched alkanes of at least 4 members (excludes halogenated alkanes) is 4. The van der Waals surface area contributed by atoms with E-state index in [2.05, 4.69) is 17.9 Å². The van der Waals surface area contributed by atoms with Crippen LogP contribution in [0.5, 0.6) is 0 Å². The van der Waals surface area contributed by atoms with Gasteiger partial charge in [-0.3, -0.25) is 4.79 Å². The fourth-order valence-corrected chi connectivity index (χ4v) is 3.97. The summed E-state index contributed by atoms with van der Waals surface area (Å²) in [6.07, 6.45) is 5.32. The van der Waals surface area contributed by atoms with Crippen molar-refractivity contribution in [2.75, 3.05) is 24.6 Å². The average molecular weight is 425 g/mol. The second-order valence-corrected chi connectivity index (χ2v) is 8.23. The summed E-state index contributed by atoms with van der Waals surface area (Å²) >= 11 is 0. The lowest BCUT2D eigenvalue weighted by Gasteiger charge is -2.37. The predicted octanol–water partition coefficient (Wildman–Crippen LogP) is 4.36. The molecule has 31 heavy (non-hydrogen) atoms. The zero-order chi connectivity index (χ0) is 22.2. The molecule has 0 N–H and O–H groups in total. The third-order valence-electron chi connectivity index (χ3n) is 5.43. The maximum atomic E-state index is 12.8. The molecule has 2 heterocycles. The minimum Gasteiger partial charge on any atom is -0.464 e. The van der Waals surface area contributed by atoms with E-state index in [4.69, 9.17) is 19.4 Å². The van der Waals surface area contributed by atoms with Crippen molar-refractivity contribution >= 4 is 22.8 Å². The molecule has 0 unspecified atom stereocenters. The number of anilines is 1. The molecule has 7 heteroatoms. The van der Waals surface area contributed by atoms with Crippen LogP contribution in [0.1, 0.15) is 64.5 Å². The minimum absolute atomic E-state index is 0.0143. The first-order chi connectivity index (χ1) is 15.0. The number of hydrogen-bond donors (Lipinski definition) is 0. The van der Waals surface area contributed by atoms with Gasteiger partial charge in [0.2, 0.25) is 0 Å². The van der Waals surface area contributed by atoms with E-state index in [1.54, 1.807) is 0 Å². The molecule has 3 atom stereocenters. The highest BCUT2D eigenvalue weighted by Gasteiger charge is 2.32. The van der Waals surface area contributed by atoms with Crippen LogP contribution in [-0.4, -0.2) is 47.8 Å². The van der Waals surface area contributed by atoms with Crippen molar-refractivity contribution in [1.82, 2.24) is 9.97 Å². The number of nitriles is 1. The number of ether oxygens (including phenoxy) is 2. The first-order valence-electron chi connectivity index (χ1n) is 11.3. The minimum atomic E-state index is -1.11. The second kappa shape index (κ2) is 11.1. The smallest absolute Gasteiger partial charge is 0.329 e. The SMILES string of the molecule is CCCCCCCOC(=O)[C@H](C#N)c1nc2ccccc2nc1N1C[C@@H](C)O[C@H](C)C1. The molecule has 1 fully saturated rings. The number of para-hydroxylation sites is 2. The molecule has 166 valence electrons. The summed E-state index contributed by atoms with van der Waals surface area (Å²) in [5, 5.41) is 9.86. The molecule has 0 amide bonds. The van der Waals surface area contributed by atoms with Gasteiger partial charge in [0.15, 0.2) is 11.7 Å². The molecule has 1 aliphatic rings. The van der Waals surface area contributed by atoms with Gasteiger partial charge in [-0.05, 0) is 32.4 Å². The Labute approximate surface area is 184 Å². The number of morpholine rings is 1. The highest BCUT2D eigenvalue weighted by atomic mass is 16.5. The van der Waals surface area contributed by atoms with Gasteiger partial charge in [0.1, 0.15) is 5.69 Å². The first kappa shape index (κ1) is 23.0. The number of hydrogen-bond acceptors (Lipinski definition) is 7. The fraction of sp³-hybridized carbons (Fsp3) is 0.583. The number of carbonyl (C=O) groups is 1. The Morgan fingerprint density at radius 1 is 1.16 bits per heavy atom. The lowest BCUT2D eigenvalue weighted by molar-refractivity contribution is -0.144. The highest BCUT2D eigenvalue weighted by Crippen LogP contribution is 2.30. The molecule has 0 saturated carbocycles. The van der Waals surface area contributed by atoms with Gasteiger partial charge in [-0.25, -0.2) is 9.97 Å². The molecule has 3 rings (SSSR count). The van der Waals surface area contributed by atoms with Crippen molar-refractivity contribution < 1.29 is 14.3 Å². The van der Waals surface area contributed by atoms with E-state index in [0.717, 1.165) is 24.8 Å². The molecular formula is C24H32N4O3. The van der Waals surface area contributed by atoms with Crippen LogP contribution in [0.3, 0.4) is 0 Å². The Kier molecular flexibility index (Phi) is 8.19. The largest absolute Gasteiger partial charge is 0.464 e. The quantitative estimate of drug-likeness (QED) is 0.436. The summed E-state index contributed by atoms with van der Waals surface area (Å²) in [5.74, 6) is -1.11. The molecule has 1 aromatic heterocycles. The lowest BCUT2D eigenvalue weighted by Crippen LogP contribution is -2.46.